The molecule has 0 saturated carbocycles. The van der Waals surface area contributed by atoms with Gasteiger partial charge < -0.3 is 25.1 Å². The fourth-order valence-corrected chi connectivity index (χ4v) is 3.19. The molecule has 144 valence electrons. The molecule has 0 bridgehead atoms. The van der Waals surface area contributed by atoms with Crippen LogP contribution in [-0.4, -0.2) is 23.6 Å². The first-order valence-electron chi connectivity index (χ1n) is 8.66. The largest absolute Gasteiger partial charge is 0.464 e. The van der Waals surface area contributed by atoms with E-state index < -0.39 is 5.97 Å². The molecule has 0 fully saturated rings. The molecule has 0 atom stereocenters. The highest BCUT2D eigenvalue weighted by Crippen LogP contribution is 2.37. The molecule has 0 aliphatic carbocycles. The van der Waals surface area contributed by atoms with Gasteiger partial charge >= 0.3 is 5.97 Å². The molecule has 0 saturated heterocycles. The first-order valence-corrected chi connectivity index (χ1v) is 8.66. The van der Waals surface area contributed by atoms with E-state index in [1.807, 2.05) is 25.1 Å². The van der Waals surface area contributed by atoms with Crippen LogP contribution in [0, 0.1) is 18.3 Å². The molecule has 0 spiro atoms. The molecule has 29 heavy (non-hydrogen) atoms. The van der Waals surface area contributed by atoms with Crippen molar-refractivity contribution in [3.8, 4) is 23.3 Å². The molecule has 3 aromatic rings. The first-order chi connectivity index (χ1) is 13.9. The van der Waals surface area contributed by atoms with E-state index in [1.165, 1.54) is 17.9 Å². The summed E-state index contributed by atoms with van der Waals surface area (Å²) in [7, 11) is 1.22. The zero-order chi connectivity index (χ0) is 20.7. The van der Waals surface area contributed by atoms with Gasteiger partial charge in [0.1, 0.15) is 11.8 Å². The number of ether oxygens (including phenoxy) is 2. The molecule has 8 heteroatoms. The van der Waals surface area contributed by atoms with Gasteiger partial charge in [-0.05, 0) is 42.8 Å². The lowest BCUT2D eigenvalue weighted by atomic mass is 10.1. The second-order valence-electron chi connectivity index (χ2n) is 6.51. The van der Waals surface area contributed by atoms with Crippen LogP contribution < -0.4 is 15.8 Å². The minimum Gasteiger partial charge on any atom is -0.464 e. The molecule has 3 N–H and O–H groups in total. The van der Waals surface area contributed by atoms with Gasteiger partial charge in [-0.3, -0.25) is 4.79 Å². The van der Waals surface area contributed by atoms with Crippen LogP contribution in [0.1, 0.15) is 32.0 Å². The number of rotatable bonds is 2. The molecule has 2 aromatic carbocycles. The van der Waals surface area contributed by atoms with Gasteiger partial charge in [0.2, 0.25) is 0 Å². The fourth-order valence-electron chi connectivity index (χ4n) is 3.19. The maximum absolute atomic E-state index is 12.8. The van der Waals surface area contributed by atoms with Gasteiger partial charge in [-0.2, -0.15) is 5.26 Å². The number of nitriles is 1. The Labute approximate surface area is 166 Å². The van der Waals surface area contributed by atoms with Crippen molar-refractivity contribution in [3.05, 3.63) is 65.0 Å². The third kappa shape index (κ3) is 2.95. The predicted octanol–water partition coefficient (Wildman–Crippen LogP) is 3.38. The Morgan fingerprint density at radius 3 is 2.72 bits per heavy atom. The van der Waals surface area contributed by atoms with Gasteiger partial charge in [-0.1, -0.05) is 6.07 Å². The SMILES string of the molecule is COC(=O)c1c(N)c(C#N)cn1-c1ccc2c(c1)C(=O)Nc1cc(C)ccc1O2. The third-order valence-electron chi connectivity index (χ3n) is 4.63. The fraction of sp³-hybridized carbons (Fsp3) is 0.0952. The van der Waals surface area contributed by atoms with Crippen molar-refractivity contribution in [1.82, 2.24) is 4.57 Å². The van der Waals surface area contributed by atoms with E-state index >= 15 is 0 Å². The lowest BCUT2D eigenvalue weighted by Crippen LogP contribution is -2.13. The quantitative estimate of drug-likeness (QED) is 0.650. The second-order valence-corrected chi connectivity index (χ2v) is 6.51. The molecule has 8 nitrogen and oxygen atoms in total. The highest BCUT2D eigenvalue weighted by Gasteiger charge is 2.25. The molecule has 0 radical (unpaired) electrons. The Balaban J connectivity index is 1.84. The zero-order valence-corrected chi connectivity index (χ0v) is 15.6. The molecule has 2 heterocycles. The monoisotopic (exact) mass is 388 g/mol. The normalized spacial score (nSPS) is 12.0. The summed E-state index contributed by atoms with van der Waals surface area (Å²) in [5, 5.41) is 12.1. The number of esters is 1. The van der Waals surface area contributed by atoms with E-state index in [2.05, 4.69) is 5.32 Å². The Hall–Kier alpha value is -4.25. The molecule has 1 aromatic heterocycles. The maximum Gasteiger partial charge on any atom is 0.357 e. The summed E-state index contributed by atoms with van der Waals surface area (Å²) < 4.78 is 12.1. The number of amides is 1. The number of hydrogen-bond acceptors (Lipinski definition) is 6. The van der Waals surface area contributed by atoms with Crippen LogP contribution in [-0.2, 0) is 4.74 Å². The number of nitrogens with two attached hydrogens (primary N) is 1. The van der Waals surface area contributed by atoms with E-state index in [0.29, 0.717) is 22.9 Å². The van der Waals surface area contributed by atoms with Crippen LogP contribution in [0.4, 0.5) is 11.4 Å². The third-order valence-corrected chi connectivity index (χ3v) is 4.63. The topological polar surface area (TPSA) is 119 Å². The molecule has 1 aliphatic heterocycles. The number of carbonyl (C=O) groups is 2. The Bertz CT molecular complexity index is 1220. The summed E-state index contributed by atoms with van der Waals surface area (Å²) >= 11 is 0. The molecular weight excluding hydrogens is 372 g/mol. The van der Waals surface area contributed by atoms with Crippen LogP contribution in [0.3, 0.4) is 0 Å². The van der Waals surface area contributed by atoms with Crippen molar-refractivity contribution in [2.75, 3.05) is 18.2 Å². The van der Waals surface area contributed by atoms with Crippen LogP contribution in [0.5, 0.6) is 11.5 Å². The van der Waals surface area contributed by atoms with Crippen molar-refractivity contribution >= 4 is 23.3 Å². The Morgan fingerprint density at radius 2 is 2.00 bits per heavy atom. The number of aromatic nitrogens is 1. The van der Waals surface area contributed by atoms with Gasteiger partial charge in [0.25, 0.3) is 5.91 Å². The van der Waals surface area contributed by atoms with Crippen LogP contribution in [0.15, 0.2) is 42.6 Å². The number of nitrogens with one attached hydrogen (secondary N) is 1. The molecule has 4 rings (SSSR count). The molecule has 1 amide bonds. The van der Waals surface area contributed by atoms with Gasteiger partial charge in [0, 0.05) is 11.9 Å². The number of benzene rings is 2. The number of carbonyl (C=O) groups excluding carboxylic acids is 2. The maximum atomic E-state index is 12.8. The molecule has 0 unspecified atom stereocenters. The van der Waals surface area contributed by atoms with E-state index in [0.717, 1.165) is 5.56 Å². The van der Waals surface area contributed by atoms with Gasteiger partial charge in [0.15, 0.2) is 11.4 Å². The minimum absolute atomic E-state index is 0.0119. The van der Waals surface area contributed by atoms with E-state index in [-0.39, 0.29) is 28.4 Å². The van der Waals surface area contributed by atoms with Crippen molar-refractivity contribution in [1.29, 1.82) is 5.26 Å². The van der Waals surface area contributed by atoms with Crippen molar-refractivity contribution < 1.29 is 19.1 Å². The van der Waals surface area contributed by atoms with Gasteiger partial charge in [0.05, 0.1) is 29.6 Å². The zero-order valence-electron chi connectivity index (χ0n) is 15.6. The summed E-state index contributed by atoms with van der Waals surface area (Å²) in [5.74, 6) is -0.147. The first kappa shape index (κ1) is 18.1. The van der Waals surface area contributed by atoms with Crippen molar-refractivity contribution in [3.63, 3.8) is 0 Å². The second kappa shape index (κ2) is 6.73. The summed E-state index contributed by atoms with van der Waals surface area (Å²) in [6.45, 7) is 1.92. The number of methoxy groups -OCH3 is 1. The van der Waals surface area contributed by atoms with Gasteiger partial charge in [-0.25, -0.2) is 4.79 Å². The predicted molar refractivity (Wildman–Crippen MR) is 105 cm³/mol. The lowest BCUT2D eigenvalue weighted by Gasteiger charge is -2.12. The highest BCUT2D eigenvalue weighted by molar-refractivity contribution is 6.08. The summed E-state index contributed by atoms with van der Waals surface area (Å²) in [4.78, 5) is 25.0. The number of nitrogen functional groups attached to an aromatic ring is 1. The molecule has 1 aliphatic rings. The van der Waals surface area contributed by atoms with Crippen molar-refractivity contribution in [2.24, 2.45) is 0 Å². The van der Waals surface area contributed by atoms with Crippen LogP contribution in [0.25, 0.3) is 5.69 Å². The highest BCUT2D eigenvalue weighted by atomic mass is 16.5. The Kier molecular flexibility index (Phi) is 4.20. The number of nitrogens with zero attached hydrogens (tertiary/aromatic N) is 2. The Morgan fingerprint density at radius 1 is 1.24 bits per heavy atom. The standard InChI is InChI=1S/C21H16N4O4/c1-11-3-5-17-15(7-11)24-20(26)14-8-13(4-6-16(14)29-17)25-10-12(9-22)18(23)19(25)21(27)28-2/h3-8,10H,23H2,1-2H3,(H,24,26). The van der Waals surface area contributed by atoms with Crippen LogP contribution >= 0.6 is 0 Å². The lowest BCUT2D eigenvalue weighted by molar-refractivity contribution is 0.0593. The summed E-state index contributed by atoms with van der Waals surface area (Å²) in [6, 6.07) is 12.3. The van der Waals surface area contributed by atoms with Gasteiger partial charge in [-0.15, -0.1) is 0 Å². The number of fused-ring (bicyclic) bond motifs is 2. The number of hydrogen-bond donors (Lipinski definition) is 2. The van der Waals surface area contributed by atoms with E-state index in [4.69, 9.17) is 15.2 Å². The summed E-state index contributed by atoms with van der Waals surface area (Å²) in [6.07, 6.45) is 1.43. The number of anilines is 2. The summed E-state index contributed by atoms with van der Waals surface area (Å²) in [5.41, 5.74) is 8.38. The van der Waals surface area contributed by atoms with Crippen LogP contribution in [0.2, 0.25) is 0 Å². The minimum atomic E-state index is -0.692. The average molecular weight is 388 g/mol. The van der Waals surface area contributed by atoms with Crippen molar-refractivity contribution in [2.45, 2.75) is 6.92 Å². The number of aryl methyl sites for hydroxylation is 1. The average Bonchev–Trinajstić information content (AvgIpc) is 2.98. The molecular formula is C21H16N4O4. The smallest absolute Gasteiger partial charge is 0.357 e. The van der Waals surface area contributed by atoms with E-state index in [1.54, 1.807) is 24.3 Å². The van der Waals surface area contributed by atoms with E-state index in [9.17, 15) is 14.9 Å².